The summed E-state index contributed by atoms with van der Waals surface area (Å²) in [6, 6.07) is 17.6. The molecule has 0 aliphatic rings. The van der Waals surface area contributed by atoms with Crippen molar-refractivity contribution in [1.82, 2.24) is 9.97 Å². The number of thiophene rings is 1. The van der Waals surface area contributed by atoms with E-state index in [4.69, 9.17) is 12.3 Å². The number of aliphatic hydroxyl groups excluding tert-OH is 1. The largest absolute Gasteiger partial charge is 0.512 e. The van der Waals surface area contributed by atoms with E-state index >= 15 is 0 Å². The second-order valence-electron chi connectivity index (χ2n) is 13.5. The van der Waals surface area contributed by atoms with Crippen LogP contribution in [-0.4, -0.2) is 28.9 Å². The van der Waals surface area contributed by atoms with Crippen LogP contribution in [0.3, 0.4) is 0 Å². The van der Waals surface area contributed by atoms with E-state index in [0.717, 1.165) is 46.9 Å². The van der Waals surface area contributed by atoms with E-state index in [1.165, 1.54) is 35.4 Å². The third-order valence-electron chi connectivity index (χ3n) is 8.57. The third-order valence-corrected chi connectivity index (χ3v) is 10.9. The molecule has 3 aromatic carbocycles. The van der Waals surface area contributed by atoms with Crippen LogP contribution in [0.25, 0.3) is 42.3 Å². The summed E-state index contributed by atoms with van der Waals surface area (Å²) in [7, 11) is -5.29. The molecule has 1 radical (unpaired) electrons. The Balaban J connectivity index is 0.000000464. The minimum atomic E-state index is -5.29. The maximum Gasteiger partial charge on any atom is 0.162 e. The first kappa shape index (κ1) is 28.0. The van der Waals surface area contributed by atoms with Gasteiger partial charge in [-0.1, -0.05) is 109 Å². The number of aliphatic hydroxyl groups is 1. The molecule has 0 saturated carbocycles. The Hall–Kier alpha value is -2.70. The maximum atomic E-state index is 11.7. The summed E-state index contributed by atoms with van der Waals surface area (Å²) in [6.45, 7) is 4.84. The molecule has 2 aromatic heterocycles. The minimum absolute atomic E-state index is 0. The van der Waals surface area contributed by atoms with Crippen molar-refractivity contribution in [2.75, 3.05) is 0 Å². The van der Waals surface area contributed by atoms with Gasteiger partial charge in [0.05, 0.1) is 19.3 Å². The van der Waals surface area contributed by atoms with E-state index in [2.05, 4.69) is 48.9 Å². The van der Waals surface area contributed by atoms with Crippen molar-refractivity contribution in [2.45, 2.75) is 100.0 Å². The van der Waals surface area contributed by atoms with E-state index in [-0.39, 0.29) is 59.5 Å². The summed E-state index contributed by atoms with van der Waals surface area (Å²) in [5.41, 5.74) is 2.80. The standard InChI is InChI=1S/C28H29N2SSi.C13H24O2.Ir/c1-28(2,3)16-18-11-12-22-23(13-18)31-27-25(29-17-30-26(22)27)20-14-19-9-7-8-10-21(19)24(15-20)32(4,5)6;1-5-10(6-2)12(14)9-13(15)11(7-3)8-4;/h7-13,15,17H,16H2,1-6H3;9-11,14H,5-8H2,1-4H3;/q-1;;/b;12-9-;/i4D3,5D3,6D3;;. The zero-order valence-electron chi connectivity index (χ0n) is 38.0. The van der Waals surface area contributed by atoms with Gasteiger partial charge in [0.2, 0.25) is 0 Å². The van der Waals surface area contributed by atoms with Gasteiger partial charge in [-0.15, -0.1) is 40.1 Å². The Labute approximate surface area is 319 Å². The summed E-state index contributed by atoms with van der Waals surface area (Å²) in [4.78, 5) is 20.8. The second kappa shape index (κ2) is 16.8. The van der Waals surface area contributed by atoms with Crippen LogP contribution in [0, 0.1) is 23.3 Å². The Kier molecular flexibility index (Phi) is 9.82. The van der Waals surface area contributed by atoms with Gasteiger partial charge in [-0.25, -0.2) is 4.98 Å². The Morgan fingerprint density at radius 2 is 1.62 bits per heavy atom. The number of hydrogen-bond donors (Lipinski definition) is 1. The molecule has 0 amide bonds. The van der Waals surface area contributed by atoms with Crippen molar-refractivity contribution >= 4 is 61.5 Å². The molecule has 5 aromatic rings. The fourth-order valence-electron chi connectivity index (χ4n) is 5.98. The predicted octanol–water partition coefficient (Wildman–Crippen LogP) is 11.5. The molecule has 0 unspecified atom stereocenters. The van der Waals surface area contributed by atoms with Gasteiger partial charge in [0.15, 0.2) is 5.78 Å². The number of ketones is 1. The van der Waals surface area contributed by atoms with Crippen molar-refractivity contribution < 1.29 is 42.3 Å². The Bertz CT molecular complexity index is 2170. The van der Waals surface area contributed by atoms with Crippen LogP contribution in [0.1, 0.15) is 92.0 Å². The van der Waals surface area contributed by atoms with E-state index in [9.17, 15) is 9.90 Å². The van der Waals surface area contributed by atoms with Crippen molar-refractivity contribution in [3.05, 3.63) is 78.3 Å². The topological polar surface area (TPSA) is 63.1 Å². The fraction of sp³-hybridized carbons (Fsp3) is 0.439. The number of fused-ring (bicyclic) bond motifs is 4. The molecule has 1 N–H and O–H groups in total. The van der Waals surface area contributed by atoms with Gasteiger partial charge in [-0.2, -0.15) is 0 Å². The summed E-state index contributed by atoms with van der Waals surface area (Å²) in [6.07, 6.45) is 7.21. The molecular formula is C41H53IrN2O2SSi-. The molecular weight excluding hydrogens is 805 g/mol. The number of rotatable bonds is 10. The first-order valence-corrected chi connectivity index (χ1v) is 19.3. The van der Waals surface area contributed by atoms with Crippen LogP contribution in [0.4, 0.5) is 0 Å². The Morgan fingerprint density at radius 3 is 2.25 bits per heavy atom. The van der Waals surface area contributed by atoms with E-state index in [0.29, 0.717) is 22.2 Å². The fourth-order valence-corrected chi connectivity index (χ4v) is 8.19. The van der Waals surface area contributed by atoms with Crippen LogP contribution in [0.5, 0.6) is 0 Å². The summed E-state index contributed by atoms with van der Waals surface area (Å²) >= 11 is 1.49. The van der Waals surface area contributed by atoms with Crippen molar-refractivity contribution in [1.29, 1.82) is 0 Å². The zero-order valence-corrected chi connectivity index (χ0v) is 33.2. The first-order chi connectivity index (χ1) is 25.9. The van der Waals surface area contributed by atoms with Crippen molar-refractivity contribution in [3.63, 3.8) is 0 Å². The molecule has 0 spiro atoms. The smallest absolute Gasteiger partial charge is 0.162 e. The Morgan fingerprint density at radius 1 is 0.958 bits per heavy atom. The molecule has 0 bridgehead atoms. The molecule has 0 atom stereocenters. The third kappa shape index (κ3) is 9.50. The maximum absolute atomic E-state index is 11.7. The number of hydrogen-bond acceptors (Lipinski definition) is 5. The normalized spacial score (nSPS) is 16.0. The molecule has 0 saturated heterocycles. The van der Waals surface area contributed by atoms with Gasteiger partial charge < -0.3 is 5.11 Å². The summed E-state index contributed by atoms with van der Waals surface area (Å²) in [5.74, 6) is 0.547. The van der Waals surface area contributed by atoms with Crippen molar-refractivity contribution in [2.24, 2.45) is 17.3 Å². The first-order valence-electron chi connectivity index (χ1n) is 21.0. The number of aromatic nitrogens is 2. The van der Waals surface area contributed by atoms with E-state index < -0.39 is 27.5 Å². The molecule has 0 fully saturated rings. The van der Waals surface area contributed by atoms with Gasteiger partial charge in [0.25, 0.3) is 0 Å². The molecule has 48 heavy (non-hydrogen) atoms. The number of carbonyl (C=O) groups excluding carboxylic acids is 1. The number of allylic oxidation sites excluding steroid dienone is 2. The van der Waals surface area contributed by atoms with Crippen LogP contribution >= 0.6 is 11.3 Å². The minimum Gasteiger partial charge on any atom is -0.512 e. The predicted molar refractivity (Wildman–Crippen MR) is 207 cm³/mol. The number of nitrogens with zero attached hydrogens (tertiary/aromatic N) is 2. The average molecular weight is 867 g/mol. The van der Waals surface area contributed by atoms with Crippen LogP contribution in [0.15, 0.2) is 66.7 Å². The molecule has 7 heteroatoms. The SMILES string of the molecule is CCC(CC)C(=O)/C=C(\O)C(CC)CC.[2H]C([2H])([2H])[Si](c1cc(-c2ncnc3c2sc2cc(CC(C)(C)C)ccc23)[c-]c2ccccc12)(C([2H])([2H])[2H])C([2H])([2H])[2H].[Ir]. The molecule has 259 valence electrons. The van der Waals surface area contributed by atoms with Gasteiger partial charge in [-0.3, -0.25) is 9.78 Å². The van der Waals surface area contributed by atoms with Crippen molar-refractivity contribution in [3.8, 4) is 11.3 Å². The second-order valence-corrected chi connectivity index (χ2v) is 16.6. The van der Waals surface area contributed by atoms with Crippen LogP contribution in [-0.2, 0) is 31.3 Å². The number of carbonyl (C=O) groups is 1. The van der Waals surface area contributed by atoms with Gasteiger partial charge >= 0.3 is 0 Å². The molecule has 0 aliphatic carbocycles. The summed E-state index contributed by atoms with van der Waals surface area (Å²) < 4.78 is 77.0. The summed E-state index contributed by atoms with van der Waals surface area (Å²) in [5, 5.41) is 11.2. The monoisotopic (exact) mass is 867 g/mol. The van der Waals surface area contributed by atoms with Gasteiger partial charge in [0.1, 0.15) is 6.33 Å². The molecule has 0 aliphatic heterocycles. The molecule has 5 rings (SSSR count). The number of benzene rings is 3. The van der Waals surface area contributed by atoms with Gasteiger partial charge in [0, 0.05) is 70.8 Å². The molecule has 4 nitrogen and oxygen atoms in total. The van der Waals surface area contributed by atoms with Crippen LogP contribution < -0.4 is 5.19 Å². The average Bonchev–Trinajstić information content (AvgIpc) is 3.45. The molecule has 2 heterocycles. The van der Waals surface area contributed by atoms with E-state index in [1.807, 2.05) is 33.8 Å². The quantitative estimate of drug-likeness (QED) is 0.0657. The van der Waals surface area contributed by atoms with Crippen LogP contribution in [0.2, 0.25) is 19.4 Å². The zero-order chi connectivity index (χ0) is 42.0. The van der Waals surface area contributed by atoms with Gasteiger partial charge in [-0.05, 0) is 49.1 Å². The van der Waals surface area contributed by atoms with E-state index in [1.54, 1.807) is 24.3 Å².